The number of unbranched alkanes of at least 4 members (excludes halogenated alkanes) is 1. The second-order valence-corrected chi connectivity index (χ2v) is 8.21. The van der Waals surface area contributed by atoms with Gasteiger partial charge in [0.1, 0.15) is 17.6 Å². The summed E-state index contributed by atoms with van der Waals surface area (Å²) < 4.78 is 24.6. The van der Waals surface area contributed by atoms with Gasteiger partial charge < -0.3 is 19.0 Å². The van der Waals surface area contributed by atoms with Crippen molar-refractivity contribution in [3.05, 3.63) is 77.1 Å². The molecule has 1 saturated heterocycles. The van der Waals surface area contributed by atoms with Gasteiger partial charge in [0, 0.05) is 37.8 Å². The Balaban J connectivity index is 1.36. The summed E-state index contributed by atoms with van der Waals surface area (Å²) in [5.74, 6) is 1.11. The van der Waals surface area contributed by atoms with Gasteiger partial charge in [-0.05, 0) is 54.5 Å². The lowest BCUT2D eigenvalue weighted by Gasteiger charge is -2.34. The first-order valence-electron chi connectivity index (χ1n) is 11.7. The fourth-order valence-electron chi connectivity index (χ4n) is 3.75. The van der Waals surface area contributed by atoms with Crippen LogP contribution in [0, 0.1) is 17.1 Å². The molecule has 180 valence electrons. The number of benzene rings is 2. The number of halogens is 1. The second-order valence-electron chi connectivity index (χ2n) is 8.21. The van der Waals surface area contributed by atoms with Crippen LogP contribution in [0.2, 0.25) is 0 Å². The molecular formula is C27H27FN4O3. The van der Waals surface area contributed by atoms with Crippen LogP contribution in [0.1, 0.15) is 47.3 Å². The van der Waals surface area contributed by atoms with Gasteiger partial charge >= 0.3 is 0 Å². The van der Waals surface area contributed by atoms with Crippen LogP contribution in [0.3, 0.4) is 0 Å². The number of piperazine rings is 1. The molecule has 1 aliphatic rings. The minimum Gasteiger partial charge on any atom is -0.494 e. The highest BCUT2D eigenvalue weighted by Gasteiger charge is 2.26. The molecule has 2 heterocycles. The molecule has 7 nitrogen and oxygen atoms in total. The number of carbonyl (C=O) groups excluding carboxylic acids is 1. The number of anilines is 1. The van der Waals surface area contributed by atoms with E-state index in [0.29, 0.717) is 50.1 Å². The minimum atomic E-state index is -0.307. The average Bonchev–Trinajstić information content (AvgIpc) is 3.32. The van der Waals surface area contributed by atoms with Gasteiger partial charge in [-0.2, -0.15) is 10.2 Å². The summed E-state index contributed by atoms with van der Waals surface area (Å²) >= 11 is 0. The molecule has 1 aliphatic heterocycles. The van der Waals surface area contributed by atoms with Crippen molar-refractivity contribution in [2.75, 3.05) is 37.7 Å². The molecule has 1 fully saturated rings. The van der Waals surface area contributed by atoms with Gasteiger partial charge in [0.15, 0.2) is 0 Å². The van der Waals surface area contributed by atoms with Crippen molar-refractivity contribution in [1.82, 2.24) is 9.88 Å². The summed E-state index contributed by atoms with van der Waals surface area (Å²) in [5.41, 5.74) is 1.60. The number of amides is 1. The molecular weight excluding hydrogens is 447 g/mol. The Kier molecular flexibility index (Phi) is 7.78. The number of hydrogen-bond acceptors (Lipinski definition) is 6. The van der Waals surface area contributed by atoms with E-state index in [2.05, 4.69) is 18.0 Å². The molecule has 1 aromatic heterocycles. The summed E-state index contributed by atoms with van der Waals surface area (Å²) in [5, 5.41) is 9.52. The van der Waals surface area contributed by atoms with Crippen molar-refractivity contribution in [3.63, 3.8) is 0 Å². The van der Waals surface area contributed by atoms with Crippen LogP contribution in [0.5, 0.6) is 5.75 Å². The zero-order valence-corrected chi connectivity index (χ0v) is 19.6. The molecule has 8 heteroatoms. The number of hydrogen-bond donors (Lipinski definition) is 0. The molecule has 2 aromatic carbocycles. The lowest BCUT2D eigenvalue weighted by Crippen LogP contribution is -2.48. The highest BCUT2D eigenvalue weighted by molar-refractivity contribution is 5.94. The minimum absolute atomic E-state index is 0.0363. The number of rotatable bonds is 8. The maximum Gasteiger partial charge on any atom is 0.253 e. The van der Waals surface area contributed by atoms with Gasteiger partial charge in [-0.3, -0.25) is 4.79 Å². The van der Waals surface area contributed by atoms with Crippen LogP contribution in [0.4, 0.5) is 10.3 Å². The van der Waals surface area contributed by atoms with Crippen molar-refractivity contribution >= 4 is 23.9 Å². The highest BCUT2D eigenvalue weighted by Crippen LogP contribution is 2.25. The van der Waals surface area contributed by atoms with Gasteiger partial charge in [-0.25, -0.2) is 4.39 Å². The van der Waals surface area contributed by atoms with Crippen molar-refractivity contribution in [1.29, 1.82) is 5.26 Å². The van der Waals surface area contributed by atoms with Gasteiger partial charge in [0.2, 0.25) is 17.5 Å². The van der Waals surface area contributed by atoms with Crippen molar-refractivity contribution in [2.45, 2.75) is 19.8 Å². The largest absolute Gasteiger partial charge is 0.494 e. The number of nitrogens with zero attached hydrogens (tertiary/aromatic N) is 4. The number of nitriles is 1. The molecule has 0 unspecified atom stereocenters. The Morgan fingerprint density at radius 2 is 1.83 bits per heavy atom. The SMILES string of the molecule is CCCCOc1ccc(C(=O)N2CCN(c3oc(/C=C/c4ccc(F)cc4)nc3C#N)CC2)cc1. The third-order valence-corrected chi connectivity index (χ3v) is 5.74. The fraction of sp³-hybridized carbons (Fsp3) is 0.296. The molecule has 0 aliphatic carbocycles. The fourth-order valence-corrected chi connectivity index (χ4v) is 3.75. The monoisotopic (exact) mass is 474 g/mol. The van der Waals surface area contributed by atoms with E-state index in [1.807, 2.05) is 17.0 Å². The Labute approximate surface area is 204 Å². The highest BCUT2D eigenvalue weighted by atomic mass is 19.1. The molecule has 4 rings (SSSR count). The van der Waals surface area contributed by atoms with E-state index in [1.165, 1.54) is 12.1 Å². The summed E-state index contributed by atoms with van der Waals surface area (Å²) in [6, 6.07) is 15.3. The van der Waals surface area contributed by atoms with Crippen LogP contribution in [-0.2, 0) is 0 Å². The molecule has 0 saturated carbocycles. The quantitative estimate of drug-likeness (QED) is 0.428. The van der Waals surface area contributed by atoms with Crippen LogP contribution in [0.15, 0.2) is 52.9 Å². The van der Waals surface area contributed by atoms with Gasteiger partial charge in [-0.15, -0.1) is 0 Å². The van der Waals surface area contributed by atoms with E-state index < -0.39 is 0 Å². The molecule has 1 amide bonds. The predicted molar refractivity (Wildman–Crippen MR) is 132 cm³/mol. The van der Waals surface area contributed by atoms with Crippen molar-refractivity contribution in [2.24, 2.45) is 0 Å². The summed E-state index contributed by atoms with van der Waals surface area (Å²) in [4.78, 5) is 20.9. The standard InChI is InChI=1S/C27H27FN4O3/c1-2-3-18-34-23-11-7-21(8-12-23)26(33)31-14-16-32(17-15-31)27-24(19-29)30-25(35-27)13-6-20-4-9-22(28)10-5-20/h4-13H,2-3,14-18H2,1H3/b13-6+. The predicted octanol–water partition coefficient (Wildman–Crippen LogP) is 5.00. The van der Waals surface area contributed by atoms with E-state index in [1.54, 1.807) is 41.3 Å². The first kappa shape index (κ1) is 24.0. The summed E-state index contributed by atoms with van der Waals surface area (Å²) in [6.45, 7) is 4.83. The number of aromatic nitrogens is 1. The van der Waals surface area contributed by atoms with E-state index in [9.17, 15) is 14.4 Å². The number of oxazole rings is 1. The average molecular weight is 475 g/mol. The Bertz CT molecular complexity index is 1200. The van der Waals surface area contributed by atoms with Crippen LogP contribution >= 0.6 is 0 Å². The maximum absolute atomic E-state index is 13.1. The topological polar surface area (TPSA) is 82.6 Å². The number of ether oxygens (including phenoxy) is 1. The Morgan fingerprint density at radius 1 is 1.11 bits per heavy atom. The van der Waals surface area contributed by atoms with Gasteiger partial charge in [-0.1, -0.05) is 25.5 Å². The molecule has 35 heavy (non-hydrogen) atoms. The maximum atomic E-state index is 13.1. The van der Waals surface area contributed by atoms with Crippen LogP contribution in [-0.4, -0.2) is 48.6 Å². The first-order chi connectivity index (χ1) is 17.1. The normalized spacial score (nSPS) is 13.7. The van der Waals surface area contributed by atoms with E-state index >= 15 is 0 Å². The third-order valence-electron chi connectivity index (χ3n) is 5.74. The van der Waals surface area contributed by atoms with E-state index in [-0.39, 0.29) is 17.4 Å². The van der Waals surface area contributed by atoms with Gasteiger partial charge in [0.05, 0.1) is 6.61 Å². The van der Waals surface area contributed by atoms with Crippen LogP contribution in [0.25, 0.3) is 12.2 Å². The number of carbonyl (C=O) groups is 1. The summed E-state index contributed by atoms with van der Waals surface area (Å²) in [6.07, 6.45) is 5.45. The van der Waals surface area contributed by atoms with E-state index in [4.69, 9.17) is 9.15 Å². The van der Waals surface area contributed by atoms with E-state index in [0.717, 1.165) is 24.2 Å². The van der Waals surface area contributed by atoms with Crippen molar-refractivity contribution < 1.29 is 18.3 Å². The molecule has 3 aromatic rings. The Hall–Kier alpha value is -4.12. The summed E-state index contributed by atoms with van der Waals surface area (Å²) in [7, 11) is 0. The first-order valence-corrected chi connectivity index (χ1v) is 11.7. The zero-order valence-electron chi connectivity index (χ0n) is 19.6. The smallest absolute Gasteiger partial charge is 0.253 e. The van der Waals surface area contributed by atoms with Crippen molar-refractivity contribution in [3.8, 4) is 11.8 Å². The molecule has 0 spiro atoms. The molecule has 0 N–H and O–H groups in total. The van der Waals surface area contributed by atoms with Crippen LogP contribution < -0.4 is 9.64 Å². The second kappa shape index (κ2) is 11.3. The molecule has 0 bridgehead atoms. The third kappa shape index (κ3) is 6.07. The Morgan fingerprint density at radius 3 is 2.49 bits per heavy atom. The zero-order chi connectivity index (χ0) is 24.6. The molecule has 0 atom stereocenters. The lowest BCUT2D eigenvalue weighted by atomic mass is 10.1. The molecule has 0 radical (unpaired) electrons. The van der Waals surface area contributed by atoms with Gasteiger partial charge in [0.25, 0.3) is 5.91 Å². The lowest BCUT2D eigenvalue weighted by molar-refractivity contribution is 0.0745.